The highest BCUT2D eigenvalue weighted by atomic mass is 16.5. The molecule has 0 radical (unpaired) electrons. The van der Waals surface area contributed by atoms with Gasteiger partial charge >= 0.3 is 5.69 Å². The molecule has 0 bridgehead atoms. The van der Waals surface area contributed by atoms with E-state index in [0.29, 0.717) is 30.3 Å². The number of imidazole rings is 1. The Labute approximate surface area is 206 Å². The summed E-state index contributed by atoms with van der Waals surface area (Å²) in [6, 6.07) is 14.2. The number of hydrogen-bond acceptors (Lipinski definition) is 7. The molecular formula is C25H27N5O6. The number of benzene rings is 2. The van der Waals surface area contributed by atoms with Gasteiger partial charge in [0.05, 0.1) is 33.7 Å². The maximum absolute atomic E-state index is 13.4. The summed E-state index contributed by atoms with van der Waals surface area (Å²) in [5, 5.41) is 2.71. The zero-order valence-electron chi connectivity index (χ0n) is 20.3. The molecule has 11 nitrogen and oxygen atoms in total. The van der Waals surface area contributed by atoms with Crippen LogP contribution in [0.25, 0.3) is 11.2 Å². The summed E-state index contributed by atoms with van der Waals surface area (Å²) in [5.41, 5.74) is 0.531. The lowest BCUT2D eigenvalue weighted by atomic mass is 10.2. The van der Waals surface area contributed by atoms with Gasteiger partial charge in [-0.2, -0.15) is 0 Å². The number of hydrogen-bond donors (Lipinski definition) is 1. The molecule has 1 amide bonds. The largest absolute Gasteiger partial charge is 0.493 e. The van der Waals surface area contributed by atoms with E-state index in [1.807, 2.05) is 30.3 Å². The second-order valence-electron chi connectivity index (χ2n) is 7.97. The molecule has 188 valence electrons. The van der Waals surface area contributed by atoms with Crippen molar-refractivity contribution in [1.82, 2.24) is 18.7 Å². The van der Waals surface area contributed by atoms with Crippen LogP contribution in [0.1, 0.15) is 5.56 Å². The number of carbonyl (C=O) groups is 1. The van der Waals surface area contributed by atoms with Crippen LogP contribution in [0.5, 0.6) is 11.5 Å². The van der Waals surface area contributed by atoms with Gasteiger partial charge in [0.25, 0.3) is 5.56 Å². The zero-order chi connectivity index (χ0) is 25.7. The molecule has 0 spiro atoms. The van der Waals surface area contributed by atoms with Gasteiger partial charge < -0.3 is 24.1 Å². The smallest absolute Gasteiger partial charge is 0.333 e. The van der Waals surface area contributed by atoms with E-state index < -0.39 is 23.7 Å². The minimum Gasteiger partial charge on any atom is -0.493 e. The Kier molecular flexibility index (Phi) is 7.50. The number of methoxy groups -OCH3 is 3. The number of nitrogens with one attached hydrogen (secondary N) is 1. The highest BCUT2D eigenvalue weighted by Crippen LogP contribution is 2.29. The Morgan fingerprint density at radius 1 is 0.972 bits per heavy atom. The van der Waals surface area contributed by atoms with Crippen LogP contribution in [0.4, 0.5) is 5.69 Å². The minimum absolute atomic E-state index is 0.190. The second kappa shape index (κ2) is 10.9. The third-order valence-corrected chi connectivity index (χ3v) is 5.67. The molecule has 0 aliphatic rings. The quantitative estimate of drug-likeness (QED) is 0.357. The van der Waals surface area contributed by atoms with Crippen LogP contribution in [-0.2, 0) is 29.2 Å². The molecule has 11 heteroatoms. The van der Waals surface area contributed by atoms with E-state index in [-0.39, 0.29) is 17.7 Å². The molecule has 36 heavy (non-hydrogen) atoms. The Hall–Kier alpha value is -4.38. The van der Waals surface area contributed by atoms with E-state index in [1.165, 1.54) is 25.1 Å². The van der Waals surface area contributed by atoms with Gasteiger partial charge in [-0.15, -0.1) is 0 Å². The SMILES string of the molecule is COCCn1cnc2c1c(=O)n(CC(=O)Nc1ccc(OC)c(OC)c1)c(=O)n2Cc1ccccc1. The van der Waals surface area contributed by atoms with Crippen molar-refractivity contribution in [3.63, 3.8) is 0 Å². The maximum atomic E-state index is 13.4. The van der Waals surface area contributed by atoms with Gasteiger partial charge in [-0.05, 0) is 17.7 Å². The summed E-state index contributed by atoms with van der Waals surface area (Å²) in [5.74, 6) is 0.390. The number of rotatable bonds is 10. The van der Waals surface area contributed by atoms with Gasteiger partial charge in [-0.25, -0.2) is 14.3 Å². The molecule has 0 saturated heterocycles. The predicted octanol–water partition coefficient (Wildman–Crippen LogP) is 1.71. The van der Waals surface area contributed by atoms with Gasteiger partial charge in [-0.3, -0.25) is 14.2 Å². The maximum Gasteiger partial charge on any atom is 0.333 e. The van der Waals surface area contributed by atoms with Crippen LogP contribution in [0, 0.1) is 0 Å². The first-order valence-corrected chi connectivity index (χ1v) is 11.2. The summed E-state index contributed by atoms with van der Waals surface area (Å²) < 4.78 is 19.6. The number of amides is 1. The summed E-state index contributed by atoms with van der Waals surface area (Å²) >= 11 is 0. The molecule has 0 unspecified atom stereocenters. The Bertz CT molecular complexity index is 1490. The van der Waals surface area contributed by atoms with Crippen molar-refractivity contribution in [2.75, 3.05) is 33.3 Å². The first-order valence-electron chi connectivity index (χ1n) is 11.2. The van der Waals surface area contributed by atoms with Crippen molar-refractivity contribution in [1.29, 1.82) is 0 Å². The average molecular weight is 494 g/mol. The number of aromatic nitrogens is 4. The van der Waals surface area contributed by atoms with Crippen molar-refractivity contribution < 1.29 is 19.0 Å². The third-order valence-electron chi connectivity index (χ3n) is 5.67. The Morgan fingerprint density at radius 2 is 1.72 bits per heavy atom. The van der Waals surface area contributed by atoms with Crippen molar-refractivity contribution >= 4 is 22.8 Å². The number of nitrogens with zero attached hydrogens (tertiary/aromatic N) is 4. The molecule has 0 atom stereocenters. The standard InChI is InChI=1S/C25H27N5O6/c1-34-12-11-28-16-26-23-22(28)24(32)30(25(33)29(23)14-17-7-5-4-6-8-17)15-21(31)27-18-9-10-19(35-2)20(13-18)36-3/h4-10,13,16H,11-12,14-15H2,1-3H3,(H,27,31). The molecule has 0 saturated carbocycles. The normalized spacial score (nSPS) is 11.0. The molecule has 2 aromatic carbocycles. The summed E-state index contributed by atoms with van der Waals surface area (Å²) in [6.45, 7) is 0.424. The lowest BCUT2D eigenvalue weighted by molar-refractivity contribution is -0.116. The molecule has 2 heterocycles. The number of anilines is 1. The van der Waals surface area contributed by atoms with Crippen molar-refractivity contribution in [3.8, 4) is 11.5 Å². The monoisotopic (exact) mass is 493 g/mol. The van der Waals surface area contributed by atoms with Crippen molar-refractivity contribution in [2.24, 2.45) is 0 Å². The van der Waals surface area contributed by atoms with Crippen molar-refractivity contribution in [2.45, 2.75) is 19.6 Å². The highest BCUT2D eigenvalue weighted by molar-refractivity contribution is 5.91. The highest BCUT2D eigenvalue weighted by Gasteiger charge is 2.20. The fourth-order valence-electron chi connectivity index (χ4n) is 3.90. The Morgan fingerprint density at radius 3 is 2.42 bits per heavy atom. The molecular weight excluding hydrogens is 466 g/mol. The third kappa shape index (κ3) is 5.01. The minimum atomic E-state index is -0.629. The predicted molar refractivity (Wildman–Crippen MR) is 134 cm³/mol. The van der Waals surface area contributed by atoms with Gasteiger partial charge in [0.1, 0.15) is 6.54 Å². The van der Waals surface area contributed by atoms with Gasteiger partial charge in [0, 0.05) is 25.4 Å². The van der Waals surface area contributed by atoms with Gasteiger partial charge in [0.2, 0.25) is 5.91 Å². The molecule has 0 fully saturated rings. The van der Waals surface area contributed by atoms with Gasteiger partial charge in [0.15, 0.2) is 22.7 Å². The lowest BCUT2D eigenvalue weighted by Crippen LogP contribution is -2.43. The van der Waals surface area contributed by atoms with Crippen LogP contribution in [0.2, 0.25) is 0 Å². The van der Waals surface area contributed by atoms with Crippen molar-refractivity contribution in [3.05, 3.63) is 81.3 Å². The molecule has 0 aliphatic carbocycles. The van der Waals surface area contributed by atoms with E-state index in [4.69, 9.17) is 14.2 Å². The van der Waals surface area contributed by atoms with E-state index in [0.717, 1.165) is 10.1 Å². The number of fused-ring (bicyclic) bond motifs is 1. The topological polar surface area (TPSA) is 119 Å². The van der Waals surface area contributed by atoms with Gasteiger partial charge in [-0.1, -0.05) is 30.3 Å². The number of ether oxygens (including phenoxy) is 3. The molecule has 0 aliphatic heterocycles. The van der Waals surface area contributed by atoms with Crippen LogP contribution in [0.15, 0.2) is 64.4 Å². The van der Waals surface area contributed by atoms with Crippen LogP contribution in [0.3, 0.4) is 0 Å². The summed E-state index contributed by atoms with van der Waals surface area (Å²) in [7, 11) is 4.55. The fraction of sp³-hybridized carbons (Fsp3) is 0.280. The fourth-order valence-corrected chi connectivity index (χ4v) is 3.90. The zero-order valence-corrected chi connectivity index (χ0v) is 20.3. The van der Waals surface area contributed by atoms with E-state index >= 15 is 0 Å². The second-order valence-corrected chi connectivity index (χ2v) is 7.97. The summed E-state index contributed by atoms with van der Waals surface area (Å²) in [6.07, 6.45) is 1.50. The average Bonchev–Trinajstić information content (AvgIpc) is 3.32. The van der Waals surface area contributed by atoms with Crippen LogP contribution < -0.4 is 26.0 Å². The van der Waals surface area contributed by atoms with Crippen LogP contribution in [-0.4, -0.2) is 52.5 Å². The Balaban J connectivity index is 1.73. The lowest BCUT2D eigenvalue weighted by Gasteiger charge is -2.14. The molecule has 4 aromatic rings. The molecule has 1 N–H and O–H groups in total. The molecule has 2 aromatic heterocycles. The van der Waals surface area contributed by atoms with E-state index in [1.54, 1.807) is 29.9 Å². The van der Waals surface area contributed by atoms with Crippen LogP contribution >= 0.6 is 0 Å². The first kappa shape index (κ1) is 24.7. The first-order chi connectivity index (χ1) is 17.5. The van der Waals surface area contributed by atoms with E-state index in [2.05, 4.69) is 10.3 Å². The number of carbonyl (C=O) groups excluding carboxylic acids is 1. The summed E-state index contributed by atoms with van der Waals surface area (Å²) in [4.78, 5) is 44.1. The van der Waals surface area contributed by atoms with E-state index in [9.17, 15) is 14.4 Å². The molecule has 4 rings (SSSR count).